The number of ketones is 1. The van der Waals surface area contributed by atoms with E-state index in [0.29, 0.717) is 11.7 Å². The highest BCUT2D eigenvalue weighted by molar-refractivity contribution is 6.23. The lowest BCUT2D eigenvalue weighted by atomic mass is 9.90. The SMILES string of the molecule is CN(C)Cc1cccc(C2=C(C3CCCC3)CCC2=O)c1. The minimum Gasteiger partial charge on any atom is -0.305 e. The Morgan fingerprint density at radius 1 is 1.14 bits per heavy atom. The molecule has 0 aliphatic heterocycles. The van der Waals surface area contributed by atoms with Crippen molar-refractivity contribution in [2.24, 2.45) is 5.92 Å². The largest absolute Gasteiger partial charge is 0.305 e. The van der Waals surface area contributed by atoms with Crippen molar-refractivity contribution in [2.45, 2.75) is 45.1 Å². The molecule has 0 atom stereocenters. The summed E-state index contributed by atoms with van der Waals surface area (Å²) in [4.78, 5) is 14.6. The molecular formula is C19H25NO. The number of nitrogens with zero attached hydrogens (tertiary/aromatic N) is 1. The van der Waals surface area contributed by atoms with E-state index in [0.717, 1.165) is 30.5 Å². The molecule has 1 aromatic rings. The topological polar surface area (TPSA) is 20.3 Å². The van der Waals surface area contributed by atoms with Gasteiger partial charge in [0.25, 0.3) is 0 Å². The van der Waals surface area contributed by atoms with Crippen LogP contribution in [0.3, 0.4) is 0 Å². The van der Waals surface area contributed by atoms with E-state index in [9.17, 15) is 4.79 Å². The quantitative estimate of drug-likeness (QED) is 0.830. The lowest BCUT2D eigenvalue weighted by Crippen LogP contribution is -2.11. The van der Waals surface area contributed by atoms with Crippen molar-refractivity contribution in [3.63, 3.8) is 0 Å². The first kappa shape index (κ1) is 14.5. The third-order valence-electron chi connectivity index (χ3n) is 4.78. The molecule has 2 nitrogen and oxygen atoms in total. The summed E-state index contributed by atoms with van der Waals surface area (Å²) in [6, 6.07) is 8.58. The molecule has 0 saturated heterocycles. The van der Waals surface area contributed by atoms with Crippen LogP contribution >= 0.6 is 0 Å². The molecule has 1 saturated carbocycles. The summed E-state index contributed by atoms with van der Waals surface area (Å²) in [5.74, 6) is 1.03. The number of carbonyl (C=O) groups excluding carboxylic acids is 1. The molecule has 21 heavy (non-hydrogen) atoms. The minimum atomic E-state index is 0.360. The summed E-state index contributed by atoms with van der Waals surface area (Å²) in [5, 5.41) is 0. The van der Waals surface area contributed by atoms with E-state index in [1.807, 2.05) is 0 Å². The second-order valence-electron chi connectivity index (χ2n) is 6.74. The average molecular weight is 283 g/mol. The van der Waals surface area contributed by atoms with Gasteiger partial charge in [-0.2, -0.15) is 0 Å². The van der Waals surface area contributed by atoms with Crippen molar-refractivity contribution in [3.8, 4) is 0 Å². The first-order valence-corrected chi connectivity index (χ1v) is 8.15. The Balaban J connectivity index is 1.95. The van der Waals surface area contributed by atoms with Crippen LogP contribution in [0.25, 0.3) is 5.57 Å². The molecule has 1 aromatic carbocycles. The smallest absolute Gasteiger partial charge is 0.163 e. The summed E-state index contributed by atoms with van der Waals surface area (Å²) in [6.07, 6.45) is 6.94. The number of rotatable bonds is 4. The lowest BCUT2D eigenvalue weighted by molar-refractivity contribution is -0.113. The highest BCUT2D eigenvalue weighted by atomic mass is 16.1. The molecule has 2 aliphatic rings. The molecule has 0 amide bonds. The third kappa shape index (κ3) is 3.11. The molecule has 0 unspecified atom stereocenters. The molecule has 112 valence electrons. The van der Waals surface area contributed by atoms with Crippen molar-refractivity contribution in [1.82, 2.24) is 4.90 Å². The van der Waals surface area contributed by atoms with Gasteiger partial charge in [0.15, 0.2) is 5.78 Å². The number of hydrogen-bond donors (Lipinski definition) is 0. The van der Waals surface area contributed by atoms with Crippen LogP contribution in [0.5, 0.6) is 0 Å². The fourth-order valence-electron chi connectivity index (χ4n) is 3.90. The normalized spacial score (nSPS) is 20.0. The van der Waals surface area contributed by atoms with E-state index in [4.69, 9.17) is 0 Å². The third-order valence-corrected chi connectivity index (χ3v) is 4.78. The molecule has 0 radical (unpaired) electrons. The van der Waals surface area contributed by atoms with Gasteiger partial charge in [0.2, 0.25) is 0 Å². The Morgan fingerprint density at radius 3 is 2.62 bits per heavy atom. The van der Waals surface area contributed by atoms with Crippen LogP contribution in [0.2, 0.25) is 0 Å². The van der Waals surface area contributed by atoms with Gasteiger partial charge in [0.05, 0.1) is 0 Å². The number of Topliss-reactive ketones (excluding diaryl/α,β-unsaturated/α-hetero) is 1. The van der Waals surface area contributed by atoms with Gasteiger partial charge in [-0.3, -0.25) is 4.79 Å². The van der Waals surface area contributed by atoms with Crippen LogP contribution in [-0.4, -0.2) is 24.8 Å². The second-order valence-corrected chi connectivity index (χ2v) is 6.74. The molecule has 0 bridgehead atoms. The highest BCUT2D eigenvalue weighted by Gasteiger charge is 2.30. The Kier molecular flexibility index (Phi) is 4.25. The summed E-state index contributed by atoms with van der Waals surface area (Å²) in [7, 11) is 4.16. The fourth-order valence-corrected chi connectivity index (χ4v) is 3.90. The standard InChI is InChI=1S/C19H25NO/c1-20(2)13-14-6-5-9-16(12-14)19-17(10-11-18(19)21)15-7-3-4-8-15/h5-6,9,12,15H,3-4,7-8,10-11,13H2,1-2H3. The summed E-state index contributed by atoms with van der Waals surface area (Å²) in [5.41, 5.74) is 4.95. The molecular weight excluding hydrogens is 258 g/mol. The molecule has 2 heteroatoms. The predicted molar refractivity (Wildman–Crippen MR) is 87.0 cm³/mol. The number of allylic oxidation sites excluding steroid dienone is 2. The Labute approximate surface area is 127 Å². The van der Waals surface area contributed by atoms with Gasteiger partial charge in [-0.15, -0.1) is 0 Å². The van der Waals surface area contributed by atoms with E-state index in [-0.39, 0.29) is 0 Å². The molecule has 2 aliphatic carbocycles. The van der Waals surface area contributed by atoms with Crippen LogP contribution in [0.1, 0.15) is 49.7 Å². The van der Waals surface area contributed by atoms with Crippen LogP contribution in [0.4, 0.5) is 0 Å². The van der Waals surface area contributed by atoms with Gasteiger partial charge in [-0.05, 0) is 56.5 Å². The first-order valence-electron chi connectivity index (χ1n) is 8.15. The van der Waals surface area contributed by atoms with E-state index in [1.165, 1.54) is 36.8 Å². The van der Waals surface area contributed by atoms with E-state index < -0.39 is 0 Å². The maximum atomic E-state index is 12.4. The van der Waals surface area contributed by atoms with Crippen molar-refractivity contribution in [1.29, 1.82) is 0 Å². The van der Waals surface area contributed by atoms with E-state index in [1.54, 1.807) is 0 Å². The molecule has 3 rings (SSSR count). The zero-order valence-corrected chi connectivity index (χ0v) is 13.2. The average Bonchev–Trinajstić information content (AvgIpc) is 3.07. The molecule has 0 heterocycles. The van der Waals surface area contributed by atoms with Gasteiger partial charge < -0.3 is 4.90 Å². The zero-order valence-electron chi connectivity index (χ0n) is 13.2. The summed E-state index contributed by atoms with van der Waals surface area (Å²) in [6.45, 7) is 0.925. The second kappa shape index (κ2) is 6.15. The molecule has 0 N–H and O–H groups in total. The minimum absolute atomic E-state index is 0.360. The summed E-state index contributed by atoms with van der Waals surface area (Å²) < 4.78 is 0. The molecule has 1 fully saturated rings. The Morgan fingerprint density at radius 2 is 1.90 bits per heavy atom. The van der Waals surface area contributed by atoms with Crippen molar-refractivity contribution < 1.29 is 4.79 Å². The van der Waals surface area contributed by atoms with E-state index >= 15 is 0 Å². The Bertz CT molecular complexity index is 565. The number of carbonyl (C=O) groups is 1. The lowest BCUT2D eigenvalue weighted by Gasteiger charge is -2.15. The van der Waals surface area contributed by atoms with Gasteiger partial charge in [0, 0.05) is 18.5 Å². The van der Waals surface area contributed by atoms with Gasteiger partial charge in [-0.1, -0.05) is 36.6 Å². The van der Waals surface area contributed by atoms with Crippen LogP contribution in [0.15, 0.2) is 29.8 Å². The predicted octanol–water partition coefficient (Wildman–Crippen LogP) is 4.05. The van der Waals surface area contributed by atoms with Gasteiger partial charge in [0.1, 0.15) is 0 Å². The van der Waals surface area contributed by atoms with Crippen molar-refractivity contribution in [2.75, 3.05) is 14.1 Å². The number of benzene rings is 1. The Hall–Kier alpha value is -1.41. The van der Waals surface area contributed by atoms with Crippen LogP contribution in [-0.2, 0) is 11.3 Å². The van der Waals surface area contributed by atoms with Gasteiger partial charge >= 0.3 is 0 Å². The van der Waals surface area contributed by atoms with Crippen molar-refractivity contribution >= 4 is 11.4 Å². The van der Waals surface area contributed by atoms with Gasteiger partial charge in [-0.25, -0.2) is 0 Å². The zero-order chi connectivity index (χ0) is 14.8. The number of hydrogen-bond acceptors (Lipinski definition) is 2. The maximum absolute atomic E-state index is 12.4. The maximum Gasteiger partial charge on any atom is 0.163 e. The van der Waals surface area contributed by atoms with Crippen molar-refractivity contribution in [3.05, 3.63) is 41.0 Å². The molecule has 0 spiro atoms. The highest BCUT2D eigenvalue weighted by Crippen LogP contribution is 2.42. The summed E-state index contributed by atoms with van der Waals surface area (Å²) >= 11 is 0. The van der Waals surface area contributed by atoms with Crippen LogP contribution < -0.4 is 0 Å². The van der Waals surface area contributed by atoms with Crippen LogP contribution in [0, 0.1) is 5.92 Å². The fraction of sp³-hybridized carbons (Fsp3) is 0.526. The molecule has 0 aromatic heterocycles. The monoisotopic (exact) mass is 283 g/mol. The van der Waals surface area contributed by atoms with E-state index in [2.05, 4.69) is 43.3 Å². The first-order chi connectivity index (χ1) is 10.1.